The first-order chi connectivity index (χ1) is 12.3. The monoisotopic (exact) mass is 392 g/mol. The maximum Gasteiger partial charge on any atom is 0.265 e. The van der Waals surface area contributed by atoms with Crippen LogP contribution in [0, 0.1) is 0 Å². The number of nitrogens with two attached hydrogens (primary N) is 1. The number of amides is 1. The number of benzene rings is 1. The summed E-state index contributed by atoms with van der Waals surface area (Å²) in [4.78, 5) is 12.0. The number of rotatable bonds is 6. The highest BCUT2D eigenvalue weighted by Gasteiger charge is 2.21. The zero-order valence-corrected chi connectivity index (χ0v) is 15.6. The highest BCUT2D eigenvalue weighted by molar-refractivity contribution is 7.99. The van der Waals surface area contributed by atoms with Crippen LogP contribution in [0.4, 0.5) is 5.69 Å². The highest BCUT2D eigenvalue weighted by atomic mass is 32.2. The van der Waals surface area contributed by atoms with E-state index in [2.05, 4.69) is 14.9 Å². The Morgan fingerprint density at radius 1 is 1.23 bits per heavy atom. The van der Waals surface area contributed by atoms with Crippen LogP contribution < -0.4 is 10.5 Å². The third kappa shape index (κ3) is 3.58. The first-order valence-corrected chi connectivity index (χ1v) is 9.68. The van der Waals surface area contributed by atoms with Crippen LogP contribution in [0.25, 0.3) is 0 Å². The van der Waals surface area contributed by atoms with Crippen molar-refractivity contribution in [3.8, 4) is 0 Å². The van der Waals surface area contributed by atoms with Crippen LogP contribution in [-0.4, -0.2) is 33.7 Å². The lowest BCUT2D eigenvalue weighted by Crippen LogP contribution is -2.14. The van der Waals surface area contributed by atoms with Crippen LogP contribution in [0.15, 0.2) is 57.8 Å². The predicted molar refractivity (Wildman–Crippen MR) is 96.3 cm³/mol. The molecule has 136 valence electrons. The van der Waals surface area contributed by atoms with Crippen molar-refractivity contribution < 1.29 is 13.2 Å². The number of aryl methyl sites for hydroxylation is 2. The van der Waals surface area contributed by atoms with Crippen LogP contribution in [0.3, 0.4) is 0 Å². The lowest BCUT2D eigenvalue weighted by Gasteiger charge is -2.11. The van der Waals surface area contributed by atoms with Gasteiger partial charge in [0.15, 0.2) is 5.16 Å². The average molecular weight is 392 g/mol. The number of nitrogens with one attached hydrogen (secondary N) is 1. The number of hydrogen-bond acceptors (Lipinski definition) is 6. The van der Waals surface area contributed by atoms with Crippen molar-refractivity contribution in [2.45, 2.75) is 14.9 Å². The second kappa shape index (κ2) is 6.84. The number of anilines is 1. The largest absolute Gasteiger partial charge is 0.364 e. The number of hydrogen-bond donors (Lipinski definition) is 2. The fourth-order valence-corrected chi connectivity index (χ4v) is 4.30. The van der Waals surface area contributed by atoms with Crippen LogP contribution in [-0.2, 0) is 24.1 Å². The van der Waals surface area contributed by atoms with E-state index in [-0.39, 0.29) is 10.6 Å². The summed E-state index contributed by atoms with van der Waals surface area (Å²) in [5.41, 5.74) is 5.74. The van der Waals surface area contributed by atoms with Crippen LogP contribution >= 0.6 is 11.8 Å². The van der Waals surface area contributed by atoms with E-state index in [4.69, 9.17) is 5.73 Å². The van der Waals surface area contributed by atoms with E-state index >= 15 is 0 Å². The number of carbonyl (C=O) groups excluding carboxylic acids is 1. The molecule has 3 aromatic rings. The molecule has 3 rings (SSSR count). The summed E-state index contributed by atoms with van der Waals surface area (Å²) in [7, 11) is -0.546. The Bertz CT molecular complexity index is 1070. The number of carbonyl (C=O) groups is 1. The molecule has 0 spiro atoms. The van der Waals surface area contributed by atoms with Gasteiger partial charge in [-0.1, -0.05) is 12.1 Å². The molecule has 1 aromatic carbocycles. The van der Waals surface area contributed by atoms with Gasteiger partial charge in [-0.15, -0.1) is 10.2 Å². The molecule has 0 unspecified atom stereocenters. The molecule has 26 heavy (non-hydrogen) atoms. The minimum Gasteiger partial charge on any atom is -0.364 e. The maximum absolute atomic E-state index is 12.7. The summed E-state index contributed by atoms with van der Waals surface area (Å²) >= 11 is 1.28. The highest BCUT2D eigenvalue weighted by Crippen LogP contribution is 2.33. The van der Waals surface area contributed by atoms with Crippen LogP contribution in [0.1, 0.15) is 10.5 Å². The SMILES string of the molecule is Cn1cc(S(=O)(=O)Nc2ccccc2Sc2nncn2C)cc1C(N)=O. The Hall–Kier alpha value is -2.79. The molecule has 0 saturated carbocycles. The Balaban J connectivity index is 1.92. The van der Waals surface area contributed by atoms with Gasteiger partial charge in [-0.2, -0.15) is 0 Å². The second-order valence-corrected chi connectivity index (χ2v) is 8.16. The third-order valence-corrected chi connectivity index (χ3v) is 6.01. The molecule has 0 aliphatic rings. The molecular formula is C15H16N6O3S2. The van der Waals surface area contributed by atoms with Gasteiger partial charge in [0.2, 0.25) is 0 Å². The van der Waals surface area contributed by atoms with Crippen molar-refractivity contribution in [1.82, 2.24) is 19.3 Å². The standard InChI is InChI=1S/C15H16N6O3S2/c1-20-8-10(7-12(20)14(16)22)26(23,24)19-11-5-3-4-6-13(11)25-15-18-17-9-21(15)2/h3-9,19H,1-2H3,(H2,16,22). The molecule has 0 atom stereocenters. The van der Waals surface area contributed by atoms with E-state index in [0.717, 1.165) is 0 Å². The zero-order valence-electron chi connectivity index (χ0n) is 13.9. The van der Waals surface area contributed by atoms with E-state index in [1.165, 1.54) is 28.6 Å². The lowest BCUT2D eigenvalue weighted by molar-refractivity contribution is 0.0992. The first-order valence-electron chi connectivity index (χ1n) is 7.38. The number of para-hydroxylation sites is 1. The molecule has 0 fully saturated rings. The van der Waals surface area contributed by atoms with Gasteiger partial charge in [0.25, 0.3) is 15.9 Å². The summed E-state index contributed by atoms with van der Waals surface area (Å²) in [5, 5.41) is 8.41. The minimum atomic E-state index is -3.89. The molecule has 3 N–H and O–H groups in total. The molecule has 11 heteroatoms. The van der Waals surface area contributed by atoms with Crippen LogP contribution in [0.5, 0.6) is 0 Å². The smallest absolute Gasteiger partial charge is 0.265 e. The Morgan fingerprint density at radius 3 is 2.58 bits per heavy atom. The van der Waals surface area contributed by atoms with Crippen LogP contribution in [0.2, 0.25) is 0 Å². The molecule has 0 radical (unpaired) electrons. The summed E-state index contributed by atoms with van der Waals surface area (Å²) in [6.07, 6.45) is 2.89. The average Bonchev–Trinajstić information content (AvgIpc) is 3.16. The molecule has 0 aliphatic carbocycles. The van der Waals surface area contributed by atoms with E-state index in [9.17, 15) is 13.2 Å². The van der Waals surface area contributed by atoms with E-state index in [0.29, 0.717) is 15.7 Å². The summed E-state index contributed by atoms with van der Waals surface area (Å²) in [5.74, 6) is -0.702. The topological polar surface area (TPSA) is 125 Å². The summed E-state index contributed by atoms with van der Waals surface area (Å²) in [6.45, 7) is 0. The molecule has 9 nitrogen and oxygen atoms in total. The van der Waals surface area contributed by atoms with Crippen molar-refractivity contribution in [3.05, 3.63) is 48.5 Å². The Morgan fingerprint density at radius 2 is 1.96 bits per heavy atom. The second-order valence-electron chi connectivity index (χ2n) is 5.46. The summed E-state index contributed by atoms with van der Waals surface area (Å²) < 4.78 is 31.0. The number of nitrogens with zero attached hydrogens (tertiary/aromatic N) is 4. The van der Waals surface area contributed by atoms with Crippen molar-refractivity contribution in [2.24, 2.45) is 19.8 Å². The van der Waals surface area contributed by atoms with E-state index in [1.54, 1.807) is 49.3 Å². The molecule has 1 amide bonds. The van der Waals surface area contributed by atoms with Gasteiger partial charge in [0, 0.05) is 25.2 Å². The fraction of sp³-hybridized carbons (Fsp3) is 0.133. The van der Waals surface area contributed by atoms with Gasteiger partial charge < -0.3 is 14.9 Å². The number of aromatic nitrogens is 4. The summed E-state index contributed by atoms with van der Waals surface area (Å²) in [6, 6.07) is 8.18. The Labute approximate surface area is 154 Å². The third-order valence-electron chi connectivity index (χ3n) is 3.55. The predicted octanol–water partition coefficient (Wildman–Crippen LogP) is 1.20. The van der Waals surface area contributed by atoms with E-state index in [1.807, 2.05) is 0 Å². The molecule has 2 heterocycles. The van der Waals surface area contributed by atoms with Crippen molar-refractivity contribution >= 4 is 33.4 Å². The molecule has 0 saturated heterocycles. The Kier molecular flexibility index (Phi) is 4.74. The molecular weight excluding hydrogens is 376 g/mol. The minimum absolute atomic E-state index is 0.0488. The van der Waals surface area contributed by atoms with Gasteiger partial charge >= 0.3 is 0 Å². The van der Waals surface area contributed by atoms with Gasteiger partial charge in [-0.3, -0.25) is 9.52 Å². The van der Waals surface area contributed by atoms with Gasteiger partial charge in [-0.05, 0) is 30.0 Å². The molecule has 2 aromatic heterocycles. The molecule has 0 aliphatic heterocycles. The van der Waals surface area contributed by atoms with E-state index < -0.39 is 15.9 Å². The normalized spacial score (nSPS) is 11.5. The van der Waals surface area contributed by atoms with Crippen molar-refractivity contribution in [3.63, 3.8) is 0 Å². The van der Waals surface area contributed by atoms with Crippen molar-refractivity contribution in [1.29, 1.82) is 0 Å². The number of primary amides is 1. The van der Waals surface area contributed by atoms with Gasteiger partial charge in [-0.25, -0.2) is 8.42 Å². The molecule has 0 bridgehead atoms. The maximum atomic E-state index is 12.7. The number of sulfonamides is 1. The fourth-order valence-electron chi connectivity index (χ4n) is 2.23. The quantitative estimate of drug-likeness (QED) is 0.649. The zero-order chi connectivity index (χ0) is 18.9. The first kappa shape index (κ1) is 18.0. The van der Waals surface area contributed by atoms with Gasteiger partial charge in [0.05, 0.1) is 5.69 Å². The van der Waals surface area contributed by atoms with Crippen molar-refractivity contribution in [2.75, 3.05) is 4.72 Å². The van der Waals surface area contributed by atoms with Gasteiger partial charge in [0.1, 0.15) is 16.9 Å². The lowest BCUT2D eigenvalue weighted by atomic mass is 10.3.